The Kier molecular flexibility index (Phi) is 1.58. The van der Waals surface area contributed by atoms with Gasteiger partial charge in [0.05, 0.1) is 12.2 Å². The summed E-state index contributed by atoms with van der Waals surface area (Å²) in [4.78, 5) is 0. The van der Waals surface area contributed by atoms with E-state index >= 15 is 0 Å². The monoisotopic (exact) mass is 227 g/mol. The van der Waals surface area contributed by atoms with Crippen LogP contribution in [0.3, 0.4) is 0 Å². The molecular weight excluding hydrogens is 218 g/mol. The quantitative estimate of drug-likeness (QED) is 0.724. The molecule has 0 atom stereocenters. The highest BCUT2D eigenvalue weighted by Crippen LogP contribution is 2.35. The number of rotatable bonds is 0. The van der Waals surface area contributed by atoms with Crippen molar-refractivity contribution >= 4 is 11.6 Å². The minimum absolute atomic E-state index is 0.582. The molecule has 2 aromatic rings. The van der Waals surface area contributed by atoms with Gasteiger partial charge in [-0.3, -0.25) is 0 Å². The highest BCUT2D eigenvalue weighted by atomic mass is 16.5. The van der Waals surface area contributed by atoms with E-state index in [0.29, 0.717) is 19.1 Å². The maximum Gasteiger partial charge on any atom is 0.247 e. The Morgan fingerprint density at radius 3 is 3.24 bits per heavy atom. The van der Waals surface area contributed by atoms with Gasteiger partial charge >= 0.3 is 0 Å². The number of hydrogen-bond acceptors (Lipinski definition) is 5. The second-order valence-corrected chi connectivity index (χ2v) is 4.05. The first kappa shape index (κ1) is 8.74. The molecule has 0 unspecified atom stereocenters. The SMILES string of the molecule is c1ccc2c(c1)OCC1=C2Nc2nnnn2C1. The normalized spacial score (nSPS) is 16.5. The second-order valence-electron chi connectivity index (χ2n) is 4.05. The molecule has 4 rings (SSSR count). The summed E-state index contributed by atoms with van der Waals surface area (Å²) in [7, 11) is 0. The second kappa shape index (κ2) is 3.07. The number of nitrogens with one attached hydrogen (secondary N) is 1. The van der Waals surface area contributed by atoms with Crippen molar-refractivity contribution in [2.75, 3.05) is 11.9 Å². The predicted octanol–water partition coefficient (Wildman–Crippen LogP) is 0.902. The lowest BCUT2D eigenvalue weighted by Gasteiger charge is -2.27. The Labute approximate surface area is 96.9 Å². The molecule has 6 nitrogen and oxygen atoms in total. The van der Waals surface area contributed by atoms with Crippen LogP contribution in [-0.2, 0) is 6.54 Å². The van der Waals surface area contributed by atoms with Crippen LogP contribution in [0.15, 0.2) is 29.8 Å². The van der Waals surface area contributed by atoms with Crippen LogP contribution in [0.2, 0.25) is 0 Å². The fourth-order valence-corrected chi connectivity index (χ4v) is 2.20. The van der Waals surface area contributed by atoms with Gasteiger partial charge in [-0.25, -0.2) is 4.68 Å². The van der Waals surface area contributed by atoms with Crippen molar-refractivity contribution in [1.29, 1.82) is 0 Å². The summed E-state index contributed by atoms with van der Waals surface area (Å²) in [5, 5.41) is 14.8. The lowest BCUT2D eigenvalue weighted by molar-refractivity contribution is 0.335. The van der Waals surface area contributed by atoms with Gasteiger partial charge in [0.25, 0.3) is 0 Å². The van der Waals surface area contributed by atoms with Gasteiger partial charge in [0, 0.05) is 11.1 Å². The summed E-state index contributed by atoms with van der Waals surface area (Å²) in [6, 6.07) is 7.98. The summed E-state index contributed by atoms with van der Waals surface area (Å²) in [5.41, 5.74) is 3.32. The van der Waals surface area contributed by atoms with E-state index in [0.717, 1.165) is 17.0 Å². The largest absolute Gasteiger partial charge is 0.488 e. The van der Waals surface area contributed by atoms with Gasteiger partial charge in [0.1, 0.15) is 12.4 Å². The molecule has 3 heterocycles. The lowest BCUT2D eigenvalue weighted by atomic mass is 10.0. The van der Waals surface area contributed by atoms with Crippen molar-refractivity contribution in [2.24, 2.45) is 0 Å². The molecule has 0 radical (unpaired) electrons. The van der Waals surface area contributed by atoms with E-state index < -0.39 is 0 Å². The van der Waals surface area contributed by atoms with Crippen LogP contribution < -0.4 is 10.1 Å². The molecule has 84 valence electrons. The van der Waals surface area contributed by atoms with Crippen molar-refractivity contribution in [1.82, 2.24) is 20.2 Å². The highest BCUT2D eigenvalue weighted by Gasteiger charge is 2.26. The highest BCUT2D eigenvalue weighted by molar-refractivity contribution is 5.82. The predicted molar refractivity (Wildman–Crippen MR) is 60.3 cm³/mol. The molecule has 0 saturated heterocycles. The van der Waals surface area contributed by atoms with Gasteiger partial charge in [-0.2, -0.15) is 0 Å². The van der Waals surface area contributed by atoms with Gasteiger partial charge in [-0.05, 0) is 22.6 Å². The van der Waals surface area contributed by atoms with Crippen LogP contribution in [0.1, 0.15) is 5.56 Å². The smallest absolute Gasteiger partial charge is 0.247 e. The Hall–Kier alpha value is -2.37. The van der Waals surface area contributed by atoms with Gasteiger partial charge in [0.15, 0.2) is 0 Å². The third-order valence-electron chi connectivity index (χ3n) is 3.02. The first-order valence-electron chi connectivity index (χ1n) is 5.39. The zero-order valence-electron chi connectivity index (χ0n) is 8.92. The molecule has 17 heavy (non-hydrogen) atoms. The summed E-state index contributed by atoms with van der Waals surface area (Å²) in [6.07, 6.45) is 0. The summed E-state index contributed by atoms with van der Waals surface area (Å²) in [5.74, 6) is 1.58. The average molecular weight is 227 g/mol. The van der Waals surface area contributed by atoms with Crippen LogP contribution in [0.5, 0.6) is 5.75 Å². The van der Waals surface area contributed by atoms with E-state index in [2.05, 4.69) is 20.8 Å². The first-order chi connectivity index (χ1) is 8.42. The zero-order chi connectivity index (χ0) is 11.2. The van der Waals surface area contributed by atoms with Crippen LogP contribution in [0.25, 0.3) is 5.70 Å². The van der Waals surface area contributed by atoms with Gasteiger partial charge in [-0.1, -0.05) is 17.2 Å². The number of tetrazole rings is 1. The van der Waals surface area contributed by atoms with Gasteiger partial charge < -0.3 is 10.1 Å². The van der Waals surface area contributed by atoms with Crippen LogP contribution in [-0.4, -0.2) is 26.8 Å². The number of nitrogens with zero attached hydrogens (tertiary/aromatic N) is 4. The number of anilines is 1. The van der Waals surface area contributed by atoms with Crippen molar-refractivity contribution in [3.63, 3.8) is 0 Å². The van der Waals surface area contributed by atoms with Crippen molar-refractivity contribution in [3.8, 4) is 5.75 Å². The first-order valence-corrected chi connectivity index (χ1v) is 5.39. The third kappa shape index (κ3) is 1.17. The molecule has 6 heteroatoms. The average Bonchev–Trinajstić information content (AvgIpc) is 2.83. The fourth-order valence-electron chi connectivity index (χ4n) is 2.20. The number of fused-ring (bicyclic) bond motifs is 3. The molecule has 0 fully saturated rings. The molecule has 0 bridgehead atoms. The third-order valence-corrected chi connectivity index (χ3v) is 3.02. The molecule has 2 aliphatic heterocycles. The standard InChI is InChI=1S/C11H9N5O/c1-2-4-9-8(3-1)10-7(6-17-9)5-16-11(12-10)13-14-15-16/h1-4H,5-6H2,(H,12,13,15). The van der Waals surface area contributed by atoms with Crippen LogP contribution in [0.4, 0.5) is 5.95 Å². The van der Waals surface area contributed by atoms with Gasteiger partial charge in [0.2, 0.25) is 5.95 Å². The zero-order valence-corrected chi connectivity index (χ0v) is 8.92. The number of ether oxygens (including phenoxy) is 1. The van der Waals surface area contributed by atoms with Crippen LogP contribution in [0, 0.1) is 0 Å². The Morgan fingerprint density at radius 1 is 1.29 bits per heavy atom. The molecule has 2 aliphatic rings. The number of hydrogen-bond donors (Lipinski definition) is 1. The summed E-state index contributed by atoms with van der Waals surface area (Å²) >= 11 is 0. The Balaban J connectivity index is 1.87. The number of benzene rings is 1. The van der Waals surface area contributed by atoms with Crippen molar-refractivity contribution in [2.45, 2.75) is 6.54 Å². The van der Waals surface area contributed by atoms with Crippen LogP contribution >= 0.6 is 0 Å². The maximum absolute atomic E-state index is 5.70. The van der Waals surface area contributed by atoms with E-state index in [1.54, 1.807) is 4.68 Å². The maximum atomic E-state index is 5.70. The molecule has 1 aromatic heterocycles. The summed E-state index contributed by atoms with van der Waals surface area (Å²) in [6.45, 7) is 1.26. The van der Waals surface area contributed by atoms with Gasteiger partial charge in [-0.15, -0.1) is 0 Å². The topological polar surface area (TPSA) is 64.9 Å². The Bertz CT molecular complexity index is 630. The number of para-hydroxylation sites is 1. The van der Waals surface area contributed by atoms with E-state index in [-0.39, 0.29) is 0 Å². The van der Waals surface area contributed by atoms with Crippen molar-refractivity contribution in [3.05, 3.63) is 35.4 Å². The van der Waals surface area contributed by atoms with E-state index in [9.17, 15) is 0 Å². The Morgan fingerprint density at radius 2 is 2.24 bits per heavy atom. The fraction of sp³-hybridized carbons (Fsp3) is 0.182. The van der Waals surface area contributed by atoms with E-state index in [4.69, 9.17) is 4.74 Å². The minimum Gasteiger partial charge on any atom is -0.488 e. The molecule has 0 saturated carbocycles. The number of aromatic nitrogens is 4. The molecule has 1 aromatic carbocycles. The molecule has 0 aliphatic carbocycles. The molecule has 0 amide bonds. The molecular formula is C11H9N5O. The minimum atomic E-state index is 0.582. The summed E-state index contributed by atoms with van der Waals surface area (Å²) < 4.78 is 7.44. The molecule has 1 N–H and O–H groups in total. The van der Waals surface area contributed by atoms with Crippen molar-refractivity contribution < 1.29 is 4.74 Å². The molecule has 0 spiro atoms. The van der Waals surface area contributed by atoms with E-state index in [1.165, 1.54) is 5.57 Å². The lowest BCUT2D eigenvalue weighted by Crippen LogP contribution is -2.25. The van der Waals surface area contributed by atoms with E-state index in [1.807, 2.05) is 24.3 Å².